The van der Waals surface area contributed by atoms with Crippen LogP contribution in [0, 0.1) is 17.0 Å². The van der Waals surface area contributed by atoms with E-state index in [4.69, 9.17) is 5.73 Å². The lowest BCUT2D eigenvalue weighted by molar-refractivity contribution is -0.385. The zero-order valence-electron chi connectivity index (χ0n) is 10.9. The van der Waals surface area contributed by atoms with Gasteiger partial charge in [-0.25, -0.2) is 0 Å². The molecule has 8 heteroatoms. The normalized spacial score (nSPS) is 18.9. The summed E-state index contributed by atoms with van der Waals surface area (Å²) in [6.07, 6.45) is 0. The molecule has 108 valence electrons. The molecule has 7 nitrogen and oxygen atoms in total. The first-order valence-corrected chi connectivity index (χ1v) is 6.92. The molecule has 1 fully saturated rings. The molecule has 0 aromatic heterocycles. The highest BCUT2D eigenvalue weighted by Gasteiger charge is 2.29. The number of rotatable bonds is 3. The van der Waals surface area contributed by atoms with E-state index in [1.807, 2.05) is 4.90 Å². The highest BCUT2D eigenvalue weighted by Crippen LogP contribution is 2.34. The van der Waals surface area contributed by atoms with Gasteiger partial charge in [-0.2, -0.15) is 0 Å². The summed E-state index contributed by atoms with van der Waals surface area (Å²) in [7, 11) is 0. The number of hydrogen-bond acceptors (Lipinski definition) is 5. The van der Waals surface area contributed by atoms with Crippen molar-refractivity contribution in [3.05, 3.63) is 32.3 Å². The Hall–Kier alpha value is -1.67. The molecule has 0 saturated carbocycles. The molecule has 1 amide bonds. The number of carbonyl (C=O) groups excluding carboxylic acids is 1. The fourth-order valence-corrected chi connectivity index (χ4v) is 2.88. The van der Waals surface area contributed by atoms with E-state index in [0.29, 0.717) is 23.1 Å². The van der Waals surface area contributed by atoms with E-state index in [1.165, 1.54) is 6.07 Å². The number of carbonyl (C=O) groups is 1. The fraction of sp³-hybridized carbons (Fsp3) is 0.417. The summed E-state index contributed by atoms with van der Waals surface area (Å²) in [4.78, 5) is 23.9. The Labute approximate surface area is 124 Å². The highest BCUT2D eigenvalue weighted by molar-refractivity contribution is 9.10. The van der Waals surface area contributed by atoms with Gasteiger partial charge >= 0.3 is 0 Å². The Morgan fingerprint density at radius 1 is 1.60 bits per heavy atom. The molecule has 3 N–H and O–H groups in total. The largest absolute Gasteiger partial charge is 0.368 e. The molecule has 0 spiro atoms. The molecule has 1 unspecified atom stereocenters. The van der Waals surface area contributed by atoms with E-state index in [1.54, 1.807) is 13.0 Å². The predicted octanol–water partition coefficient (Wildman–Crippen LogP) is 0.929. The van der Waals surface area contributed by atoms with Gasteiger partial charge in [0, 0.05) is 35.7 Å². The average molecular weight is 343 g/mol. The van der Waals surface area contributed by atoms with Gasteiger partial charge < -0.3 is 16.0 Å². The molecule has 2 rings (SSSR count). The van der Waals surface area contributed by atoms with Gasteiger partial charge in [0.15, 0.2) is 0 Å². The van der Waals surface area contributed by atoms with E-state index in [2.05, 4.69) is 21.2 Å². The maximum absolute atomic E-state index is 11.5. The van der Waals surface area contributed by atoms with Gasteiger partial charge in [0.25, 0.3) is 5.69 Å². The third-order valence-corrected chi connectivity index (χ3v) is 3.98. The standard InChI is InChI=1S/C12H15BrN4O3/c1-7-4-10(8(13)5-9(7)17(19)20)16-3-2-15-6-11(16)12(14)18/h4-5,11,15H,2-3,6H2,1H3,(H2,14,18). The number of halogens is 1. The Morgan fingerprint density at radius 3 is 2.90 bits per heavy atom. The van der Waals surface area contributed by atoms with Crippen molar-refractivity contribution >= 4 is 33.2 Å². The van der Waals surface area contributed by atoms with Crippen LogP contribution in [0.15, 0.2) is 16.6 Å². The predicted molar refractivity (Wildman–Crippen MR) is 78.7 cm³/mol. The van der Waals surface area contributed by atoms with Crippen LogP contribution in [0.1, 0.15) is 5.56 Å². The first-order chi connectivity index (χ1) is 9.41. The van der Waals surface area contributed by atoms with E-state index >= 15 is 0 Å². The first-order valence-electron chi connectivity index (χ1n) is 6.13. The number of hydrogen-bond donors (Lipinski definition) is 2. The number of nitro benzene ring substituents is 1. The van der Waals surface area contributed by atoms with Crippen LogP contribution in [0.2, 0.25) is 0 Å². The second-order valence-electron chi connectivity index (χ2n) is 4.66. The van der Waals surface area contributed by atoms with E-state index in [0.717, 1.165) is 12.2 Å². The van der Waals surface area contributed by atoms with Crippen molar-refractivity contribution in [3.63, 3.8) is 0 Å². The Bertz CT molecular complexity index is 564. The van der Waals surface area contributed by atoms with Gasteiger partial charge in [-0.15, -0.1) is 0 Å². The number of primary amides is 1. The molecular formula is C12H15BrN4O3. The molecule has 1 aromatic rings. The monoisotopic (exact) mass is 342 g/mol. The number of nitrogens with one attached hydrogen (secondary N) is 1. The molecule has 0 aliphatic carbocycles. The lowest BCUT2D eigenvalue weighted by Gasteiger charge is -2.36. The maximum Gasteiger partial charge on any atom is 0.273 e. The third kappa shape index (κ3) is 2.75. The number of anilines is 1. The van der Waals surface area contributed by atoms with Crippen LogP contribution >= 0.6 is 15.9 Å². The Kier molecular flexibility index (Phi) is 4.24. The van der Waals surface area contributed by atoms with Crippen molar-refractivity contribution in [1.82, 2.24) is 5.32 Å². The third-order valence-electron chi connectivity index (χ3n) is 3.34. The van der Waals surface area contributed by atoms with E-state index in [-0.39, 0.29) is 5.69 Å². The number of nitrogens with zero attached hydrogens (tertiary/aromatic N) is 2. The minimum Gasteiger partial charge on any atom is -0.368 e. The minimum atomic E-state index is -0.457. The van der Waals surface area contributed by atoms with E-state index in [9.17, 15) is 14.9 Å². The summed E-state index contributed by atoms with van der Waals surface area (Å²) < 4.78 is 0.586. The number of nitrogens with two attached hydrogens (primary N) is 1. The maximum atomic E-state index is 11.5. The van der Waals surface area contributed by atoms with Gasteiger partial charge in [0.05, 0.1) is 10.6 Å². The van der Waals surface area contributed by atoms with Crippen LogP contribution in [-0.4, -0.2) is 36.5 Å². The number of aryl methyl sites for hydroxylation is 1. The van der Waals surface area contributed by atoms with Crippen molar-refractivity contribution in [2.24, 2.45) is 5.73 Å². The van der Waals surface area contributed by atoms with Crippen molar-refractivity contribution < 1.29 is 9.72 Å². The molecule has 0 radical (unpaired) electrons. The second kappa shape index (κ2) is 5.76. The fourth-order valence-electron chi connectivity index (χ4n) is 2.32. The van der Waals surface area contributed by atoms with Gasteiger partial charge in [0.1, 0.15) is 6.04 Å². The van der Waals surface area contributed by atoms with Gasteiger partial charge in [0.2, 0.25) is 5.91 Å². The van der Waals surface area contributed by atoms with Gasteiger partial charge in [-0.1, -0.05) is 0 Å². The van der Waals surface area contributed by atoms with Gasteiger partial charge in [-0.05, 0) is 28.9 Å². The lowest BCUT2D eigenvalue weighted by Crippen LogP contribution is -2.57. The Morgan fingerprint density at radius 2 is 2.30 bits per heavy atom. The summed E-state index contributed by atoms with van der Waals surface area (Å²) in [6, 6.07) is 2.72. The molecule has 1 aliphatic heterocycles. The van der Waals surface area contributed by atoms with Crippen molar-refractivity contribution in [2.45, 2.75) is 13.0 Å². The molecular weight excluding hydrogens is 328 g/mol. The highest BCUT2D eigenvalue weighted by atomic mass is 79.9. The number of piperazine rings is 1. The molecule has 0 bridgehead atoms. The number of benzene rings is 1. The minimum absolute atomic E-state index is 0.0476. The molecule has 1 heterocycles. The summed E-state index contributed by atoms with van der Waals surface area (Å²) in [5.74, 6) is -0.417. The second-order valence-corrected chi connectivity index (χ2v) is 5.52. The zero-order chi connectivity index (χ0) is 14.9. The number of amides is 1. The van der Waals surface area contributed by atoms with Crippen molar-refractivity contribution in [3.8, 4) is 0 Å². The summed E-state index contributed by atoms with van der Waals surface area (Å²) in [5.41, 5.74) is 6.76. The molecule has 1 atom stereocenters. The van der Waals surface area contributed by atoms with Crippen LogP contribution in [0.3, 0.4) is 0 Å². The first kappa shape index (κ1) is 14.7. The van der Waals surface area contributed by atoms with Crippen LogP contribution in [-0.2, 0) is 4.79 Å². The zero-order valence-corrected chi connectivity index (χ0v) is 12.5. The smallest absolute Gasteiger partial charge is 0.273 e. The van der Waals surface area contributed by atoms with Crippen LogP contribution < -0.4 is 16.0 Å². The summed E-state index contributed by atoms with van der Waals surface area (Å²) in [6.45, 7) is 3.49. The quantitative estimate of drug-likeness (QED) is 0.628. The van der Waals surface area contributed by atoms with Crippen LogP contribution in [0.5, 0.6) is 0 Å². The average Bonchev–Trinajstić information content (AvgIpc) is 2.40. The topological polar surface area (TPSA) is 102 Å². The molecule has 1 saturated heterocycles. The molecule has 1 aliphatic rings. The molecule has 20 heavy (non-hydrogen) atoms. The van der Waals surface area contributed by atoms with Crippen molar-refractivity contribution in [1.29, 1.82) is 0 Å². The van der Waals surface area contributed by atoms with Crippen molar-refractivity contribution in [2.75, 3.05) is 24.5 Å². The van der Waals surface area contributed by atoms with E-state index < -0.39 is 16.9 Å². The summed E-state index contributed by atoms with van der Waals surface area (Å²) >= 11 is 3.34. The van der Waals surface area contributed by atoms with Crippen LogP contribution in [0.4, 0.5) is 11.4 Å². The number of nitro groups is 1. The van der Waals surface area contributed by atoms with Crippen LogP contribution in [0.25, 0.3) is 0 Å². The molecule has 1 aromatic carbocycles. The van der Waals surface area contributed by atoms with Gasteiger partial charge in [-0.3, -0.25) is 14.9 Å². The summed E-state index contributed by atoms with van der Waals surface area (Å²) in [5, 5.41) is 14.0. The Balaban J connectivity index is 2.43. The SMILES string of the molecule is Cc1cc(N2CCNCC2C(N)=O)c(Br)cc1[N+](=O)[O-]. The lowest BCUT2D eigenvalue weighted by atomic mass is 10.1.